The van der Waals surface area contributed by atoms with Gasteiger partial charge >= 0.3 is 5.24 Å². The predicted octanol–water partition coefficient (Wildman–Crippen LogP) is 2.86. The fraction of sp³-hybridized carbons (Fsp3) is 0.625. The van der Waals surface area contributed by atoms with Crippen molar-refractivity contribution in [3.05, 3.63) is 0 Å². The van der Waals surface area contributed by atoms with E-state index in [1.165, 1.54) is 11.9 Å². The lowest BCUT2D eigenvalue weighted by molar-refractivity contribution is 0.265. The van der Waals surface area contributed by atoms with Crippen LogP contribution in [0.5, 0.6) is 0 Å². The Kier molecular flexibility index (Phi) is 7.22. The molecule has 0 saturated heterocycles. The molecule has 0 bridgehead atoms. The van der Waals surface area contributed by atoms with Crippen LogP contribution in [0.2, 0.25) is 0 Å². The topological polar surface area (TPSA) is 29.1 Å². The van der Waals surface area contributed by atoms with Gasteiger partial charge in [0.15, 0.2) is 0 Å². The summed E-state index contributed by atoms with van der Waals surface area (Å²) in [5.74, 6) is 2.81. The Morgan fingerprint density at radius 2 is 2.25 bits per heavy atom. The van der Waals surface area contributed by atoms with Gasteiger partial charge in [0.05, 0.1) is 0 Å². The van der Waals surface area contributed by atoms with Crippen LogP contribution in [0.25, 0.3) is 0 Å². The summed E-state index contributed by atoms with van der Waals surface area (Å²) in [4.78, 5) is 11.0. The molecule has 0 aliphatic carbocycles. The monoisotopic (exact) mass is 203 g/mol. The Hall–Kier alpha value is -0.270. The SMILES string of the molecule is CCC#CSC(=O)NSC(C)C. The van der Waals surface area contributed by atoms with Crippen LogP contribution in [-0.2, 0) is 0 Å². The van der Waals surface area contributed by atoms with Crippen LogP contribution in [0.4, 0.5) is 4.79 Å². The van der Waals surface area contributed by atoms with E-state index in [2.05, 4.69) is 15.9 Å². The number of nitrogens with one attached hydrogen (secondary N) is 1. The van der Waals surface area contributed by atoms with E-state index in [0.29, 0.717) is 5.25 Å². The van der Waals surface area contributed by atoms with Crippen molar-refractivity contribution in [2.75, 3.05) is 0 Å². The van der Waals surface area contributed by atoms with Crippen molar-refractivity contribution in [3.8, 4) is 11.2 Å². The smallest absolute Gasteiger partial charge is 0.290 e. The molecular weight excluding hydrogens is 190 g/mol. The van der Waals surface area contributed by atoms with E-state index in [-0.39, 0.29) is 5.24 Å². The van der Waals surface area contributed by atoms with Crippen molar-refractivity contribution >= 4 is 28.9 Å². The minimum absolute atomic E-state index is 0.0883. The molecule has 0 aliphatic rings. The Bertz CT molecular complexity index is 193. The summed E-state index contributed by atoms with van der Waals surface area (Å²) in [5.41, 5.74) is 0. The summed E-state index contributed by atoms with van der Waals surface area (Å²) >= 11 is 2.42. The van der Waals surface area contributed by atoms with Crippen LogP contribution < -0.4 is 4.72 Å². The molecule has 68 valence electrons. The van der Waals surface area contributed by atoms with Crippen LogP contribution in [-0.4, -0.2) is 10.5 Å². The van der Waals surface area contributed by atoms with Gasteiger partial charge in [0.2, 0.25) is 0 Å². The molecule has 0 aromatic heterocycles. The van der Waals surface area contributed by atoms with Gasteiger partial charge in [-0.2, -0.15) is 0 Å². The van der Waals surface area contributed by atoms with Gasteiger partial charge in [-0.25, -0.2) is 0 Å². The first-order valence-corrected chi connectivity index (χ1v) is 5.46. The Morgan fingerprint density at radius 3 is 2.75 bits per heavy atom. The first-order valence-electron chi connectivity index (χ1n) is 3.77. The lowest BCUT2D eigenvalue weighted by Gasteiger charge is -2.02. The summed E-state index contributed by atoms with van der Waals surface area (Å²) in [5, 5.41) is 3.02. The minimum atomic E-state index is -0.0883. The van der Waals surface area contributed by atoms with E-state index in [1.54, 1.807) is 0 Å². The Balaban J connectivity index is 3.47. The molecule has 0 aliphatic heterocycles. The zero-order valence-electron chi connectivity index (χ0n) is 7.51. The highest BCUT2D eigenvalue weighted by Gasteiger charge is 2.00. The van der Waals surface area contributed by atoms with Crippen molar-refractivity contribution in [2.45, 2.75) is 32.4 Å². The van der Waals surface area contributed by atoms with Crippen molar-refractivity contribution < 1.29 is 4.79 Å². The summed E-state index contributed by atoms with van der Waals surface area (Å²) in [7, 11) is 0. The fourth-order valence-corrected chi connectivity index (χ4v) is 1.29. The predicted molar refractivity (Wildman–Crippen MR) is 56.9 cm³/mol. The molecule has 0 unspecified atom stereocenters. The Labute approximate surface area is 82.4 Å². The molecule has 0 fully saturated rings. The second-order valence-electron chi connectivity index (χ2n) is 2.29. The maximum atomic E-state index is 11.0. The third kappa shape index (κ3) is 7.83. The van der Waals surface area contributed by atoms with Gasteiger partial charge in [-0.05, 0) is 17.2 Å². The number of hydrogen-bond donors (Lipinski definition) is 1. The van der Waals surface area contributed by atoms with E-state index in [4.69, 9.17) is 0 Å². The molecule has 0 rings (SSSR count). The normalized spacial score (nSPS) is 9.00. The molecule has 0 saturated carbocycles. The summed E-state index contributed by atoms with van der Waals surface area (Å²) in [6.45, 7) is 6.00. The molecule has 0 radical (unpaired) electrons. The summed E-state index contributed by atoms with van der Waals surface area (Å²) < 4.78 is 2.68. The number of carbonyl (C=O) groups is 1. The van der Waals surface area contributed by atoms with Crippen LogP contribution >= 0.6 is 23.7 Å². The average molecular weight is 203 g/mol. The molecule has 2 nitrogen and oxygen atoms in total. The van der Waals surface area contributed by atoms with Crippen LogP contribution in [0.1, 0.15) is 27.2 Å². The maximum absolute atomic E-state index is 11.0. The second kappa shape index (κ2) is 7.38. The van der Waals surface area contributed by atoms with Crippen LogP contribution in [0.15, 0.2) is 0 Å². The molecule has 0 aromatic rings. The molecule has 0 spiro atoms. The molecule has 0 aromatic carbocycles. The largest absolute Gasteiger partial charge is 0.301 e. The van der Waals surface area contributed by atoms with Gasteiger partial charge in [-0.1, -0.05) is 26.7 Å². The third-order valence-electron chi connectivity index (χ3n) is 0.771. The van der Waals surface area contributed by atoms with Crippen molar-refractivity contribution in [3.63, 3.8) is 0 Å². The van der Waals surface area contributed by atoms with Gasteiger partial charge in [-0.3, -0.25) is 9.52 Å². The maximum Gasteiger partial charge on any atom is 0.301 e. The van der Waals surface area contributed by atoms with E-state index in [1.807, 2.05) is 20.8 Å². The van der Waals surface area contributed by atoms with Crippen molar-refractivity contribution in [1.82, 2.24) is 4.72 Å². The lowest BCUT2D eigenvalue weighted by Crippen LogP contribution is -2.11. The zero-order valence-corrected chi connectivity index (χ0v) is 9.14. The zero-order chi connectivity index (χ0) is 9.40. The molecule has 0 atom stereocenters. The molecular formula is C8H13NOS2. The number of rotatable bonds is 2. The number of carbonyl (C=O) groups excluding carboxylic acids is 1. The molecule has 12 heavy (non-hydrogen) atoms. The van der Waals surface area contributed by atoms with Gasteiger partial charge in [0.1, 0.15) is 0 Å². The number of amides is 1. The fourth-order valence-electron chi connectivity index (χ4n) is 0.341. The highest BCUT2D eigenvalue weighted by atomic mass is 32.2. The summed E-state index contributed by atoms with van der Waals surface area (Å²) in [6, 6.07) is 0. The quantitative estimate of drug-likeness (QED) is 0.552. The molecule has 1 amide bonds. The molecule has 1 N–H and O–H groups in total. The van der Waals surface area contributed by atoms with Gasteiger partial charge < -0.3 is 0 Å². The number of hydrogen-bond acceptors (Lipinski definition) is 3. The lowest BCUT2D eigenvalue weighted by atomic mass is 10.5. The molecule has 0 heterocycles. The van der Waals surface area contributed by atoms with Crippen LogP contribution in [0.3, 0.4) is 0 Å². The highest BCUT2D eigenvalue weighted by Crippen LogP contribution is 2.07. The summed E-state index contributed by atoms with van der Waals surface area (Å²) in [6.07, 6.45) is 0.789. The van der Waals surface area contributed by atoms with Gasteiger partial charge in [0, 0.05) is 23.4 Å². The van der Waals surface area contributed by atoms with Crippen molar-refractivity contribution in [2.24, 2.45) is 0 Å². The highest BCUT2D eigenvalue weighted by molar-refractivity contribution is 8.18. The third-order valence-corrected chi connectivity index (χ3v) is 2.21. The van der Waals surface area contributed by atoms with Crippen molar-refractivity contribution in [1.29, 1.82) is 0 Å². The Morgan fingerprint density at radius 1 is 1.58 bits per heavy atom. The van der Waals surface area contributed by atoms with E-state index >= 15 is 0 Å². The van der Waals surface area contributed by atoms with E-state index in [0.717, 1.165) is 18.2 Å². The standard InChI is InChI=1S/C8H13NOS2/c1-4-5-6-11-8(10)9-12-7(2)3/h7H,4H2,1-3H3,(H,9,10). The van der Waals surface area contributed by atoms with Gasteiger partial charge in [0.25, 0.3) is 0 Å². The minimum Gasteiger partial charge on any atom is -0.290 e. The second-order valence-corrected chi connectivity index (χ2v) is 4.45. The van der Waals surface area contributed by atoms with E-state index in [9.17, 15) is 4.79 Å². The number of thioether (sulfide) groups is 1. The first kappa shape index (κ1) is 11.7. The molecule has 4 heteroatoms. The average Bonchev–Trinajstić information content (AvgIpc) is 2.01. The van der Waals surface area contributed by atoms with Crippen LogP contribution in [0, 0.1) is 11.2 Å². The van der Waals surface area contributed by atoms with Gasteiger partial charge in [-0.15, -0.1) is 0 Å². The van der Waals surface area contributed by atoms with E-state index < -0.39 is 0 Å². The first-order chi connectivity index (χ1) is 5.66.